The molecular formula is C20H26O2S. The average Bonchev–Trinajstić information content (AvgIpc) is 2.44. The maximum atomic E-state index is 10.1. The molecule has 0 heterocycles. The third-order valence-corrected chi connectivity index (χ3v) is 5.58. The summed E-state index contributed by atoms with van der Waals surface area (Å²) in [5.74, 6) is 1.30. The number of phenolic OH excluding ortho intramolecular Hbond substituents is 2. The van der Waals surface area contributed by atoms with Crippen LogP contribution in [0.4, 0.5) is 0 Å². The van der Waals surface area contributed by atoms with Gasteiger partial charge < -0.3 is 10.2 Å². The lowest BCUT2D eigenvalue weighted by molar-refractivity contribution is 0.463. The van der Waals surface area contributed by atoms with Crippen LogP contribution < -0.4 is 0 Å². The quantitative estimate of drug-likeness (QED) is 0.710. The standard InChI is InChI=1S/C20H26O2S/c1-11(2)19-13(5)17(9-7-15(19)21)23-18-10-8-16(22)20(12(3)4)14(18)6/h7-12,21-22H,1-6H3. The van der Waals surface area contributed by atoms with Gasteiger partial charge in [-0.3, -0.25) is 0 Å². The van der Waals surface area contributed by atoms with Crippen LogP contribution >= 0.6 is 11.8 Å². The molecule has 2 nitrogen and oxygen atoms in total. The summed E-state index contributed by atoms with van der Waals surface area (Å²) >= 11 is 1.70. The topological polar surface area (TPSA) is 40.5 Å². The fraction of sp³-hybridized carbons (Fsp3) is 0.400. The van der Waals surface area contributed by atoms with E-state index in [-0.39, 0.29) is 11.8 Å². The lowest BCUT2D eigenvalue weighted by Gasteiger charge is -2.18. The second-order valence-corrected chi connectivity index (χ2v) is 7.74. The van der Waals surface area contributed by atoms with Gasteiger partial charge in [0.05, 0.1) is 0 Å². The van der Waals surface area contributed by atoms with Crippen molar-refractivity contribution in [2.75, 3.05) is 0 Å². The molecule has 0 unspecified atom stereocenters. The Morgan fingerprint density at radius 1 is 0.696 bits per heavy atom. The van der Waals surface area contributed by atoms with Crippen molar-refractivity contribution >= 4 is 11.8 Å². The zero-order valence-corrected chi connectivity index (χ0v) is 15.6. The molecule has 0 aliphatic rings. The molecule has 0 fully saturated rings. The molecule has 2 N–H and O–H groups in total. The molecule has 0 aliphatic heterocycles. The van der Waals surface area contributed by atoms with E-state index in [0.717, 1.165) is 32.0 Å². The van der Waals surface area contributed by atoms with Crippen molar-refractivity contribution in [1.29, 1.82) is 0 Å². The molecule has 23 heavy (non-hydrogen) atoms. The van der Waals surface area contributed by atoms with Gasteiger partial charge >= 0.3 is 0 Å². The van der Waals surface area contributed by atoms with Gasteiger partial charge in [0.25, 0.3) is 0 Å². The maximum absolute atomic E-state index is 10.1. The summed E-state index contributed by atoms with van der Waals surface area (Å²) in [7, 11) is 0. The molecule has 3 heteroatoms. The largest absolute Gasteiger partial charge is 0.508 e. The summed E-state index contributed by atoms with van der Waals surface area (Å²) in [6.45, 7) is 12.5. The summed E-state index contributed by atoms with van der Waals surface area (Å²) < 4.78 is 0. The first kappa shape index (κ1) is 17.7. The van der Waals surface area contributed by atoms with E-state index in [1.54, 1.807) is 23.9 Å². The minimum Gasteiger partial charge on any atom is -0.508 e. The zero-order valence-electron chi connectivity index (χ0n) is 14.8. The smallest absolute Gasteiger partial charge is 0.119 e. The number of hydrogen-bond acceptors (Lipinski definition) is 3. The van der Waals surface area contributed by atoms with Gasteiger partial charge in [-0.05, 0) is 61.1 Å². The molecule has 0 saturated heterocycles. The molecule has 0 bridgehead atoms. The Kier molecular flexibility index (Phi) is 5.30. The number of phenols is 2. The normalized spacial score (nSPS) is 11.5. The summed E-state index contributed by atoms with van der Waals surface area (Å²) in [5, 5.41) is 20.2. The molecule has 0 radical (unpaired) electrons. The molecule has 0 amide bonds. The molecule has 2 aromatic carbocycles. The van der Waals surface area contributed by atoms with Crippen molar-refractivity contribution < 1.29 is 10.2 Å². The predicted molar refractivity (Wildman–Crippen MR) is 98.0 cm³/mol. The summed E-state index contributed by atoms with van der Waals surface area (Å²) in [6.07, 6.45) is 0. The monoisotopic (exact) mass is 330 g/mol. The number of aromatic hydroxyl groups is 2. The first-order chi connectivity index (χ1) is 10.7. The van der Waals surface area contributed by atoms with Gasteiger partial charge in [-0.15, -0.1) is 0 Å². The first-order valence-corrected chi connectivity index (χ1v) is 8.88. The lowest BCUT2D eigenvalue weighted by Crippen LogP contribution is -1.97. The van der Waals surface area contributed by atoms with Crippen molar-refractivity contribution in [1.82, 2.24) is 0 Å². The highest BCUT2D eigenvalue weighted by Gasteiger charge is 2.17. The van der Waals surface area contributed by atoms with Crippen LogP contribution in [-0.2, 0) is 0 Å². The number of hydrogen-bond donors (Lipinski definition) is 2. The molecule has 124 valence electrons. The highest BCUT2D eigenvalue weighted by molar-refractivity contribution is 7.99. The second-order valence-electron chi connectivity index (χ2n) is 6.65. The molecule has 2 aromatic rings. The van der Waals surface area contributed by atoms with Crippen molar-refractivity contribution in [2.45, 2.75) is 63.2 Å². The number of rotatable bonds is 4. The van der Waals surface area contributed by atoms with Gasteiger partial charge in [0.1, 0.15) is 11.5 Å². The Bertz CT molecular complexity index is 657. The first-order valence-electron chi connectivity index (χ1n) is 8.06. The lowest BCUT2D eigenvalue weighted by atomic mass is 9.97. The van der Waals surface area contributed by atoms with Crippen LogP contribution in [0.25, 0.3) is 0 Å². The molecule has 0 aromatic heterocycles. The van der Waals surface area contributed by atoms with Crippen LogP contribution in [-0.4, -0.2) is 10.2 Å². The van der Waals surface area contributed by atoms with E-state index in [1.165, 1.54) is 0 Å². The third kappa shape index (κ3) is 3.50. The van der Waals surface area contributed by atoms with Gasteiger partial charge in [-0.1, -0.05) is 39.5 Å². The van der Waals surface area contributed by atoms with E-state index in [0.29, 0.717) is 11.5 Å². The average molecular weight is 330 g/mol. The molecule has 0 aliphatic carbocycles. The van der Waals surface area contributed by atoms with Crippen LogP contribution in [0, 0.1) is 13.8 Å². The maximum Gasteiger partial charge on any atom is 0.119 e. The molecule has 2 rings (SSSR count). The van der Waals surface area contributed by atoms with Gasteiger partial charge in [-0.2, -0.15) is 0 Å². The van der Waals surface area contributed by atoms with Crippen molar-refractivity contribution in [3.63, 3.8) is 0 Å². The Hall–Kier alpha value is -1.61. The van der Waals surface area contributed by atoms with Crippen LogP contribution in [0.3, 0.4) is 0 Å². The van der Waals surface area contributed by atoms with Crippen molar-refractivity contribution in [3.8, 4) is 11.5 Å². The second kappa shape index (κ2) is 6.88. The summed E-state index contributed by atoms with van der Waals surface area (Å²) in [5.41, 5.74) is 4.28. The van der Waals surface area contributed by atoms with Crippen LogP contribution in [0.2, 0.25) is 0 Å². The van der Waals surface area contributed by atoms with E-state index in [2.05, 4.69) is 41.5 Å². The molecular weight excluding hydrogens is 304 g/mol. The van der Waals surface area contributed by atoms with Crippen LogP contribution in [0.15, 0.2) is 34.1 Å². The Morgan fingerprint density at radius 2 is 1.04 bits per heavy atom. The van der Waals surface area contributed by atoms with Crippen LogP contribution in [0.5, 0.6) is 11.5 Å². The SMILES string of the molecule is Cc1c(Sc2ccc(O)c(C(C)C)c2C)ccc(O)c1C(C)C. The van der Waals surface area contributed by atoms with Gasteiger partial charge in [0.15, 0.2) is 0 Å². The van der Waals surface area contributed by atoms with Gasteiger partial charge in [0, 0.05) is 20.9 Å². The van der Waals surface area contributed by atoms with E-state index in [9.17, 15) is 10.2 Å². The van der Waals surface area contributed by atoms with Gasteiger partial charge in [0.2, 0.25) is 0 Å². The molecule has 0 saturated carbocycles. The Morgan fingerprint density at radius 3 is 1.35 bits per heavy atom. The third-order valence-electron chi connectivity index (χ3n) is 4.26. The number of benzene rings is 2. The fourth-order valence-electron chi connectivity index (χ4n) is 3.19. The molecule has 0 spiro atoms. The van der Waals surface area contributed by atoms with Gasteiger partial charge in [-0.25, -0.2) is 0 Å². The predicted octanol–water partition coefficient (Wildman–Crippen LogP) is 6.11. The van der Waals surface area contributed by atoms with Crippen LogP contribution in [0.1, 0.15) is 61.8 Å². The highest BCUT2D eigenvalue weighted by atomic mass is 32.2. The minimum absolute atomic E-state index is 0.280. The zero-order chi connectivity index (χ0) is 17.3. The van der Waals surface area contributed by atoms with E-state index < -0.39 is 0 Å². The Labute approximate surface area is 143 Å². The fourth-order valence-corrected chi connectivity index (χ4v) is 4.22. The molecule has 0 atom stereocenters. The Balaban J connectivity index is 2.49. The minimum atomic E-state index is 0.280. The van der Waals surface area contributed by atoms with E-state index >= 15 is 0 Å². The summed E-state index contributed by atoms with van der Waals surface area (Å²) in [6, 6.07) is 7.51. The van der Waals surface area contributed by atoms with Crippen molar-refractivity contribution in [2.24, 2.45) is 0 Å². The van der Waals surface area contributed by atoms with E-state index in [1.807, 2.05) is 12.1 Å². The summed E-state index contributed by atoms with van der Waals surface area (Å²) in [4.78, 5) is 2.30. The van der Waals surface area contributed by atoms with E-state index in [4.69, 9.17) is 0 Å². The highest BCUT2D eigenvalue weighted by Crippen LogP contribution is 2.41. The van der Waals surface area contributed by atoms with Crippen molar-refractivity contribution in [3.05, 3.63) is 46.5 Å².